The van der Waals surface area contributed by atoms with Gasteiger partial charge >= 0.3 is 5.76 Å². The molecule has 182 valence electrons. The van der Waals surface area contributed by atoms with Gasteiger partial charge in [-0.3, -0.25) is 19.1 Å². The Hall–Kier alpha value is -3.85. The maximum absolute atomic E-state index is 13.0. The summed E-state index contributed by atoms with van der Waals surface area (Å²) >= 11 is 6.09. The van der Waals surface area contributed by atoms with Crippen molar-refractivity contribution in [3.8, 4) is 11.4 Å². The van der Waals surface area contributed by atoms with Gasteiger partial charge in [0.1, 0.15) is 5.69 Å². The van der Waals surface area contributed by atoms with E-state index in [1.807, 2.05) is 12.1 Å². The Morgan fingerprint density at radius 1 is 1.00 bits per heavy atom. The van der Waals surface area contributed by atoms with Crippen molar-refractivity contribution in [3.63, 3.8) is 0 Å². The van der Waals surface area contributed by atoms with Gasteiger partial charge in [0.05, 0.1) is 16.9 Å². The van der Waals surface area contributed by atoms with Gasteiger partial charge < -0.3 is 15.6 Å². The van der Waals surface area contributed by atoms with Crippen LogP contribution in [0.5, 0.6) is 0 Å². The van der Waals surface area contributed by atoms with Crippen LogP contribution >= 0.6 is 11.6 Å². The first-order chi connectivity index (χ1) is 16.9. The number of nitrogens with zero attached hydrogens (tertiary/aromatic N) is 1. The highest BCUT2D eigenvalue weighted by atomic mass is 35.5. The number of fused-ring (bicyclic) bond motifs is 1. The molecule has 2 amide bonds. The average Bonchev–Trinajstić information content (AvgIpc) is 3.47. The summed E-state index contributed by atoms with van der Waals surface area (Å²) in [5.74, 6) is -1.04. The molecule has 9 nitrogen and oxygen atoms in total. The first-order valence-corrected chi connectivity index (χ1v) is 11.9. The summed E-state index contributed by atoms with van der Waals surface area (Å²) < 4.78 is 4.57. The smallest absolute Gasteiger partial charge is 0.349 e. The topological polar surface area (TPSA) is 133 Å². The number of anilines is 2. The number of hydrogen-bond donors (Lipinski definition) is 4. The summed E-state index contributed by atoms with van der Waals surface area (Å²) in [6.45, 7) is 2.16. The molecule has 35 heavy (non-hydrogen) atoms. The average molecular weight is 496 g/mol. The molecule has 4 aromatic rings. The fourth-order valence-corrected chi connectivity index (χ4v) is 4.01. The molecule has 4 N–H and O–H groups in total. The Morgan fingerprint density at radius 2 is 1.83 bits per heavy atom. The SMILES string of the molecule is CCCCCCCC(=O)Nc1cccc2cc(C(=O)Nc3ccc(Cl)cc3-c3noc(=O)[nH]3)[nH]c12. The molecule has 0 aliphatic rings. The van der Waals surface area contributed by atoms with Crippen molar-refractivity contribution in [3.05, 3.63) is 63.7 Å². The second-order valence-electron chi connectivity index (χ2n) is 8.25. The first kappa shape index (κ1) is 24.3. The molecular weight excluding hydrogens is 470 g/mol. The van der Waals surface area contributed by atoms with Crippen LogP contribution in [-0.4, -0.2) is 26.9 Å². The van der Waals surface area contributed by atoms with E-state index in [0.29, 0.717) is 39.6 Å². The van der Waals surface area contributed by atoms with E-state index < -0.39 is 11.7 Å². The number of amides is 2. The van der Waals surface area contributed by atoms with Crippen molar-refractivity contribution in [1.82, 2.24) is 15.1 Å². The molecule has 0 aliphatic heterocycles. The van der Waals surface area contributed by atoms with E-state index in [9.17, 15) is 14.4 Å². The van der Waals surface area contributed by atoms with Crippen LogP contribution in [-0.2, 0) is 4.79 Å². The summed E-state index contributed by atoms with van der Waals surface area (Å²) in [6, 6.07) is 12.0. The fourth-order valence-electron chi connectivity index (χ4n) is 3.84. The molecule has 0 spiro atoms. The van der Waals surface area contributed by atoms with Crippen LogP contribution in [0.3, 0.4) is 0 Å². The molecule has 0 fully saturated rings. The number of carbonyl (C=O) groups excluding carboxylic acids is 2. The number of halogens is 1. The van der Waals surface area contributed by atoms with Crippen LogP contribution in [0.15, 0.2) is 51.8 Å². The third kappa shape index (κ3) is 5.99. The fraction of sp³-hybridized carbons (Fsp3) is 0.280. The van der Waals surface area contributed by atoms with Gasteiger partial charge in [0.25, 0.3) is 5.91 Å². The number of hydrogen-bond acceptors (Lipinski definition) is 5. The number of benzene rings is 2. The minimum atomic E-state index is -0.719. The minimum absolute atomic E-state index is 0.0537. The van der Waals surface area contributed by atoms with Gasteiger partial charge in [-0.2, -0.15) is 0 Å². The Bertz CT molecular complexity index is 1400. The molecule has 0 saturated carbocycles. The number of nitrogens with one attached hydrogen (secondary N) is 4. The Labute approximate surface area is 206 Å². The lowest BCUT2D eigenvalue weighted by Gasteiger charge is -2.09. The van der Waals surface area contributed by atoms with Crippen LogP contribution < -0.4 is 16.4 Å². The van der Waals surface area contributed by atoms with Gasteiger partial charge in [0.2, 0.25) is 5.91 Å². The largest absolute Gasteiger partial charge is 0.439 e. The highest BCUT2D eigenvalue weighted by Gasteiger charge is 2.17. The van der Waals surface area contributed by atoms with E-state index in [1.165, 1.54) is 6.42 Å². The molecular formula is C25H26ClN5O4. The van der Waals surface area contributed by atoms with Crippen LogP contribution in [0, 0.1) is 0 Å². The van der Waals surface area contributed by atoms with Crippen molar-refractivity contribution in [2.75, 3.05) is 10.6 Å². The number of para-hydroxylation sites is 1. The van der Waals surface area contributed by atoms with Crippen molar-refractivity contribution in [2.45, 2.75) is 45.4 Å². The molecule has 2 heterocycles. The summed E-state index contributed by atoms with van der Waals surface area (Å²) in [7, 11) is 0. The zero-order valence-electron chi connectivity index (χ0n) is 19.2. The number of unbranched alkanes of at least 4 members (excludes halogenated alkanes) is 4. The quantitative estimate of drug-likeness (QED) is 0.209. The van der Waals surface area contributed by atoms with Gasteiger partial charge in [-0.25, -0.2) is 4.79 Å². The summed E-state index contributed by atoms with van der Waals surface area (Å²) in [5, 5.41) is 10.6. The van der Waals surface area contributed by atoms with E-state index in [1.54, 1.807) is 30.3 Å². The monoisotopic (exact) mass is 495 g/mol. The lowest BCUT2D eigenvalue weighted by atomic mass is 10.1. The number of aromatic nitrogens is 3. The molecule has 10 heteroatoms. The normalized spacial score (nSPS) is 11.0. The van der Waals surface area contributed by atoms with Crippen LogP contribution in [0.2, 0.25) is 5.02 Å². The number of rotatable bonds is 10. The van der Waals surface area contributed by atoms with Gasteiger partial charge in [-0.1, -0.05) is 61.5 Å². The molecule has 2 aromatic carbocycles. The second-order valence-corrected chi connectivity index (χ2v) is 8.69. The van der Waals surface area contributed by atoms with Crippen molar-refractivity contribution < 1.29 is 14.1 Å². The standard InChI is InChI=1S/C25H26ClN5O4/c1-2-3-4-5-6-10-21(32)27-19-9-7-8-15-13-20(28-22(15)19)24(33)29-18-12-11-16(26)14-17(18)23-30-25(34)35-31-23/h7-9,11-14,28H,2-6,10H2,1H3,(H,27,32)(H,29,33)(H,30,31,34). The predicted molar refractivity (Wildman–Crippen MR) is 136 cm³/mol. The third-order valence-corrected chi connectivity index (χ3v) is 5.84. The molecule has 0 radical (unpaired) electrons. The molecule has 0 unspecified atom stereocenters. The van der Waals surface area contributed by atoms with E-state index >= 15 is 0 Å². The molecule has 0 aliphatic carbocycles. The Kier molecular flexibility index (Phi) is 7.67. The van der Waals surface area contributed by atoms with Crippen molar-refractivity contribution in [1.29, 1.82) is 0 Å². The van der Waals surface area contributed by atoms with Crippen LogP contribution in [0.4, 0.5) is 11.4 Å². The molecule has 0 saturated heterocycles. The zero-order chi connectivity index (χ0) is 24.8. The highest BCUT2D eigenvalue weighted by Crippen LogP contribution is 2.29. The van der Waals surface area contributed by atoms with Gasteiger partial charge in [-0.05, 0) is 36.8 Å². The van der Waals surface area contributed by atoms with Gasteiger partial charge in [0, 0.05) is 22.4 Å². The molecule has 2 aromatic heterocycles. The van der Waals surface area contributed by atoms with E-state index in [4.69, 9.17) is 11.6 Å². The highest BCUT2D eigenvalue weighted by molar-refractivity contribution is 6.31. The molecule has 0 atom stereocenters. The summed E-state index contributed by atoms with van der Waals surface area (Å²) in [4.78, 5) is 42.4. The Balaban J connectivity index is 1.50. The summed E-state index contributed by atoms with van der Waals surface area (Å²) in [5.41, 5.74) is 2.37. The summed E-state index contributed by atoms with van der Waals surface area (Å²) in [6.07, 6.45) is 5.82. The van der Waals surface area contributed by atoms with Crippen LogP contribution in [0.25, 0.3) is 22.3 Å². The van der Waals surface area contributed by atoms with Crippen molar-refractivity contribution in [2.24, 2.45) is 0 Å². The lowest BCUT2D eigenvalue weighted by molar-refractivity contribution is -0.116. The van der Waals surface area contributed by atoms with E-state index in [2.05, 4.69) is 37.2 Å². The third-order valence-electron chi connectivity index (χ3n) is 5.61. The van der Waals surface area contributed by atoms with Crippen LogP contribution in [0.1, 0.15) is 55.9 Å². The maximum Gasteiger partial charge on any atom is 0.439 e. The lowest BCUT2D eigenvalue weighted by Crippen LogP contribution is -2.13. The number of H-pyrrole nitrogens is 2. The molecule has 0 bridgehead atoms. The maximum atomic E-state index is 13.0. The number of carbonyl (C=O) groups is 2. The van der Waals surface area contributed by atoms with E-state index in [0.717, 1.165) is 31.1 Å². The van der Waals surface area contributed by atoms with E-state index in [-0.39, 0.29) is 11.7 Å². The predicted octanol–water partition coefficient (Wildman–Crippen LogP) is 5.72. The molecule has 4 rings (SSSR count). The minimum Gasteiger partial charge on any atom is -0.349 e. The van der Waals surface area contributed by atoms with Crippen molar-refractivity contribution >= 4 is 45.7 Å². The second kappa shape index (κ2) is 11.1. The Morgan fingerprint density at radius 3 is 2.60 bits per heavy atom. The first-order valence-electron chi connectivity index (χ1n) is 11.5. The van der Waals surface area contributed by atoms with Gasteiger partial charge in [-0.15, -0.1) is 0 Å². The number of aromatic amines is 2. The van der Waals surface area contributed by atoms with Gasteiger partial charge in [0.15, 0.2) is 5.82 Å². The zero-order valence-corrected chi connectivity index (χ0v) is 20.0.